The molecular weight excluding hydrogens is 390 g/mol. The molecule has 2 aromatic heterocycles. The molecule has 0 aliphatic heterocycles. The van der Waals surface area contributed by atoms with Crippen molar-refractivity contribution in [3.8, 4) is 11.4 Å². The van der Waals surface area contributed by atoms with Crippen LogP contribution < -0.4 is 5.32 Å². The number of aromatic nitrogens is 3. The second-order valence-electron chi connectivity index (χ2n) is 6.55. The normalized spacial score (nSPS) is 10.8. The van der Waals surface area contributed by atoms with E-state index in [-0.39, 0.29) is 17.6 Å². The van der Waals surface area contributed by atoms with Crippen molar-refractivity contribution in [2.24, 2.45) is 0 Å². The van der Waals surface area contributed by atoms with Gasteiger partial charge in [-0.15, -0.1) is 10.2 Å². The zero-order chi connectivity index (χ0) is 21.0. The number of anilines is 1. The van der Waals surface area contributed by atoms with E-state index in [9.17, 15) is 9.59 Å². The Kier molecular flexibility index (Phi) is 6.38. The Balaban J connectivity index is 1.62. The number of carbonyl (C=O) groups excluding carboxylic acids is 2. The molecule has 3 aromatic rings. The molecule has 0 saturated carbocycles. The lowest BCUT2D eigenvalue weighted by Gasteiger charge is -2.11. The number of nitrogens with zero attached hydrogens (tertiary/aromatic N) is 4. The van der Waals surface area contributed by atoms with Gasteiger partial charge in [0.15, 0.2) is 11.0 Å². The summed E-state index contributed by atoms with van der Waals surface area (Å²) in [5.41, 5.74) is 2.10. The van der Waals surface area contributed by atoms with Gasteiger partial charge in [0.25, 0.3) is 5.91 Å². The summed E-state index contributed by atoms with van der Waals surface area (Å²) in [6.07, 6.45) is 1.62. The van der Waals surface area contributed by atoms with Gasteiger partial charge in [0.2, 0.25) is 5.91 Å². The number of thioether (sulfide) groups is 1. The Morgan fingerprint density at radius 1 is 1.17 bits per heavy atom. The predicted octanol–water partition coefficient (Wildman–Crippen LogP) is 3.30. The minimum atomic E-state index is -0.159. The molecule has 0 aliphatic rings. The van der Waals surface area contributed by atoms with Crippen molar-refractivity contribution >= 4 is 29.3 Å². The smallest absolute Gasteiger partial charge is 0.253 e. The van der Waals surface area contributed by atoms with Gasteiger partial charge in [0.05, 0.1) is 17.6 Å². The summed E-state index contributed by atoms with van der Waals surface area (Å²) in [6, 6.07) is 8.68. The van der Waals surface area contributed by atoms with Crippen LogP contribution in [0.2, 0.25) is 0 Å². The molecular formula is C20H23N5O3S. The van der Waals surface area contributed by atoms with Crippen LogP contribution in [0.5, 0.6) is 0 Å². The van der Waals surface area contributed by atoms with Crippen LogP contribution in [0.25, 0.3) is 11.4 Å². The largest absolute Gasteiger partial charge is 0.469 e. The highest BCUT2D eigenvalue weighted by Gasteiger charge is 2.17. The van der Waals surface area contributed by atoms with Crippen LogP contribution >= 0.6 is 11.8 Å². The molecule has 0 atom stereocenters. The van der Waals surface area contributed by atoms with Crippen LogP contribution in [-0.4, -0.2) is 51.3 Å². The molecule has 152 valence electrons. The lowest BCUT2D eigenvalue weighted by atomic mass is 10.2. The first-order valence-electron chi connectivity index (χ1n) is 9.12. The van der Waals surface area contributed by atoms with Gasteiger partial charge in [0, 0.05) is 31.9 Å². The van der Waals surface area contributed by atoms with Gasteiger partial charge in [-0.1, -0.05) is 11.8 Å². The molecule has 8 nitrogen and oxygen atoms in total. The number of aryl methyl sites for hydroxylation is 1. The Morgan fingerprint density at radius 3 is 2.48 bits per heavy atom. The number of carbonyl (C=O) groups is 2. The van der Waals surface area contributed by atoms with E-state index < -0.39 is 0 Å². The number of benzene rings is 1. The molecule has 0 saturated heterocycles. The number of nitrogens with one attached hydrogen (secondary N) is 1. The highest BCUT2D eigenvalue weighted by molar-refractivity contribution is 7.99. The van der Waals surface area contributed by atoms with Crippen LogP contribution in [0.15, 0.2) is 46.2 Å². The Labute approximate surface area is 173 Å². The molecule has 0 spiro atoms. The van der Waals surface area contributed by atoms with E-state index in [1.54, 1.807) is 44.6 Å². The summed E-state index contributed by atoms with van der Waals surface area (Å²) in [6.45, 7) is 4.56. The molecule has 1 N–H and O–H groups in total. The minimum Gasteiger partial charge on any atom is -0.469 e. The second kappa shape index (κ2) is 8.95. The van der Waals surface area contributed by atoms with Gasteiger partial charge in [-0.3, -0.25) is 9.59 Å². The molecule has 29 heavy (non-hydrogen) atoms. The molecule has 0 radical (unpaired) electrons. The summed E-state index contributed by atoms with van der Waals surface area (Å²) in [4.78, 5) is 25.7. The van der Waals surface area contributed by atoms with Crippen molar-refractivity contribution in [3.63, 3.8) is 0 Å². The highest BCUT2D eigenvalue weighted by atomic mass is 32.2. The third-order valence-electron chi connectivity index (χ3n) is 4.29. The Hall–Kier alpha value is -3.07. The van der Waals surface area contributed by atoms with Crippen LogP contribution in [-0.2, 0) is 11.3 Å². The first-order valence-corrected chi connectivity index (χ1v) is 10.1. The van der Waals surface area contributed by atoms with Gasteiger partial charge in [-0.25, -0.2) is 0 Å². The molecule has 1 aromatic carbocycles. The predicted molar refractivity (Wildman–Crippen MR) is 112 cm³/mol. The highest BCUT2D eigenvalue weighted by Crippen LogP contribution is 2.27. The van der Waals surface area contributed by atoms with Crippen molar-refractivity contribution in [1.29, 1.82) is 0 Å². The third kappa shape index (κ3) is 4.68. The van der Waals surface area contributed by atoms with Crippen LogP contribution in [0.4, 0.5) is 5.69 Å². The number of rotatable bonds is 7. The van der Waals surface area contributed by atoms with Crippen LogP contribution in [0.3, 0.4) is 0 Å². The van der Waals surface area contributed by atoms with E-state index in [0.29, 0.717) is 23.0 Å². The van der Waals surface area contributed by atoms with E-state index in [1.165, 1.54) is 16.7 Å². The Bertz CT molecular complexity index is 1010. The van der Waals surface area contributed by atoms with Crippen molar-refractivity contribution in [3.05, 3.63) is 47.9 Å². The van der Waals surface area contributed by atoms with Crippen molar-refractivity contribution in [1.82, 2.24) is 19.7 Å². The second-order valence-corrected chi connectivity index (χ2v) is 7.50. The van der Waals surface area contributed by atoms with Crippen LogP contribution in [0, 0.1) is 6.92 Å². The van der Waals surface area contributed by atoms with E-state index in [4.69, 9.17) is 4.42 Å². The standard InChI is InChI=1S/C20H23N5O3S/c1-5-25-18(16-10-11-28-13(16)2)22-23-20(25)29-12-17(26)21-15-8-6-14(7-9-15)19(27)24(3)4/h6-11H,5,12H2,1-4H3,(H,21,26). The third-order valence-corrected chi connectivity index (χ3v) is 5.25. The zero-order valence-corrected chi connectivity index (χ0v) is 17.6. The average molecular weight is 414 g/mol. The van der Waals surface area contributed by atoms with Gasteiger partial charge in [-0.2, -0.15) is 0 Å². The van der Waals surface area contributed by atoms with Gasteiger partial charge in [0.1, 0.15) is 5.76 Å². The molecule has 0 unspecified atom stereocenters. The number of amides is 2. The average Bonchev–Trinajstić information content (AvgIpc) is 3.31. The van der Waals surface area contributed by atoms with Gasteiger partial charge in [-0.05, 0) is 44.2 Å². The summed E-state index contributed by atoms with van der Waals surface area (Å²) >= 11 is 1.32. The lowest BCUT2D eigenvalue weighted by molar-refractivity contribution is -0.113. The summed E-state index contributed by atoms with van der Waals surface area (Å²) < 4.78 is 7.31. The fourth-order valence-electron chi connectivity index (χ4n) is 2.78. The van der Waals surface area contributed by atoms with Crippen LogP contribution in [0.1, 0.15) is 23.0 Å². The van der Waals surface area contributed by atoms with Crippen molar-refractivity contribution in [2.75, 3.05) is 25.2 Å². The number of hydrogen-bond donors (Lipinski definition) is 1. The summed E-state index contributed by atoms with van der Waals surface area (Å²) in [5.74, 6) is 1.45. The Morgan fingerprint density at radius 2 is 1.90 bits per heavy atom. The fraction of sp³-hybridized carbons (Fsp3) is 0.300. The lowest BCUT2D eigenvalue weighted by Crippen LogP contribution is -2.21. The first kappa shape index (κ1) is 20.7. The summed E-state index contributed by atoms with van der Waals surface area (Å²) in [7, 11) is 3.40. The quantitative estimate of drug-likeness (QED) is 0.598. The molecule has 3 rings (SSSR count). The summed E-state index contributed by atoms with van der Waals surface area (Å²) in [5, 5.41) is 12.0. The first-order chi connectivity index (χ1) is 13.9. The SMILES string of the molecule is CCn1c(SCC(=O)Nc2ccc(C(=O)N(C)C)cc2)nnc1-c1ccoc1C. The van der Waals surface area contributed by atoms with Crippen molar-refractivity contribution in [2.45, 2.75) is 25.5 Å². The maximum absolute atomic E-state index is 12.3. The van der Waals surface area contributed by atoms with Gasteiger partial charge < -0.3 is 19.2 Å². The number of hydrogen-bond acceptors (Lipinski definition) is 6. The molecule has 2 amide bonds. The van der Waals surface area contributed by atoms with E-state index >= 15 is 0 Å². The molecule has 2 heterocycles. The zero-order valence-electron chi connectivity index (χ0n) is 16.8. The number of furan rings is 1. The minimum absolute atomic E-state index is 0.0824. The topological polar surface area (TPSA) is 93.3 Å². The van der Waals surface area contributed by atoms with Crippen molar-refractivity contribution < 1.29 is 14.0 Å². The molecule has 0 fully saturated rings. The molecule has 0 bridgehead atoms. The fourth-order valence-corrected chi connectivity index (χ4v) is 3.58. The monoisotopic (exact) mass is 413 g/mol. The maximum Gasteiger partial charge on any atom is 0.253 e. The molecule has 0 aliphatic carbocycles. The molecule has 9 heteroatoms. The maximum atomic E-state index is 12.3. The van der Waals surface area contributed by atoms with E-state index in [1.807, 2.05) is 24.5 Å². The van der Waals surface area contributed by atoms with E-state index in [0.717, 1.165) is 17.1 Å². The van der Waals surface area contributed by atoms with Gasteiger partial charge >= 0.3 is 0 Å². The van der Waals surface area contributed by atoms with E-state index in [2.05, 4.69) is 15.5 Å².